The van der Waals surface area contributed by atoms with Crippen LogP contribution in [0.4, 0.5) is 5.69 Å². The van der Waals surface area contributed by atoms with Crippen molar-refractivity contribution in [1.82, 2.24) is 20.1 Å². The van der Waals surface area contributed by atoms with Crippen molar-refractivity contribution < 1.29 is 13.2 Å². The number of nitrogens with one attached hydrogen (secondary N) is 1. The summed E-state index contributed by atoms with van der Waals surface area (Å²) < 4.78 is 29.0. The fraction of sp³-hybridized carbons (Fsp3) is 0.200. The van der Waals surface area contributed by atoms with E-state index in [4.69, 9.17) is 0 Å². The fourth-order valence-electron chi connectivity index (χ4n) is 3.49. The summed E-state index contributed by atoms with van der Waals surface area (Å²) in [6.07, 6.45) is 3.10. The lowest BCUT2D eigenvalue weighted by Crippen LogP contribution is -2.35. The minimum absolute atomic E-state index is 0.00798. The Morgan fingerprint density at radius 2 is 2.00 bits per heavy atom. The number of aromatic nitrogens is 3. The van der Waals surface area contributed by atoms with Gasteiger partial charge in [-0.3, -0.25) is 4.79 Å². The number of carbonyl (C=O) groups excluding carboxylic acids is 1. The molecule has 1 amide bonds. The minimum Gasteiger partial charge on any atom is -0.346 e. The second-order valence-corrected chi connectivity index (χ2v) is 9.99. The summed E-state index contributed by atoms with van der Waals surface area (Å²) in [5, 5.41) is 7.56. The molecule has 1 atom stereocenters. The maximum atomic E-state index is 12.8. The lowest BCUT2D eigenvalue weighted by atomic mass is 10.1. The third kappa shape index (κ3) is 3.81. The third-order valence-electron chi connectivity index (χ3n) is 5.16. The number of rotatable bonds is 4. The number of hydrogen-bond donors (Lipinski definition) is 1. The van der Waals surface area contributed by atoms with Gasteiger partial charge in [0, 0.05) is 17.0 Å². The normalized spacial score (nSPS) is 17.5. The first-order valence-corrected chi connectivity index (χ1v) is 12.0. The number of amidine groups is 1. The van der Waals surface area contributed by atoms with Gasteiger partial charge >= 0.3 is 0 Å². The van der Waals surface area contributed by atoms with E-state index < -0.39 is 10.0 Å². The van der Waals surface area contributed by atoms with E-state index in [1.165, 1.54) is 18.1 Å². The largest absolute Gasteiger partial charge is 0.346 e. The highest BCUT2D eigenvalue weighted by atomic mass is 32.2. The van der Waals surface area contributed by atoms with Crippen molar-refractivity contribution in [3.05, 3.63) is 66.2 Å². The van der Waals surface area contributed by atoms with Crippen LogP contribution in [0.5, 0.6) is 0 Å². The molecule has 1 aromatic heterocycles. The third-order valence-corrected chi connectivity index (χ3v) is 7.47. The monoisotopic (exact) mass is 454 g/mol. The lowest BCUT2D eigenvalue weighted by Gasteiger charge is -2.22. The van der Waals surface area contributed by atoms with Crippen molar-refractivity contribution in [3.8, 4) is 5.69 Å². The Bertz CT molecular complexity index is 1290. The lowest BCUT2D eigenvalue weighted by molar-refractivity contribution is 0.0939. The molecule has 0 bridgehead atoms. The first-order chi connectivity index (χ1) is 14.9. The number of amides is 1. The molecule has 11 heteroatoms. The number of hydrogen-bond acceptors (Lipinski definition) is 7. The first kappa shape index (κ1) is 19.8. The molecule has 0 radical (unpaired) electrons. The maximum Gasteiger partial charge on any atom is 0.257 e. The van der Waals surface area contributed by atoms with E-state index in [0.717, 1.165) is 21.8 Å². The van der Waals surface area contributed by atoms with Gasteiger partial charge in [0.2, 0.25) is 0 Å². The molecule has 0 fully saturated rings. The van der Waals surface area contributed by atoms with Crippen LogP contribution in [0.1, 0.15) is 28.9 Å². The molecule has 0 spiro atoms. The summed E-state index contributed by atoms with van der Waals surface area (Å²) in [5.74, 6) is -0.206. The van der Waals surface area contributed by atoms with Gasteiger partial charge in [0.1, 0.15) is 12.7 Å². The Morgan fingerprint density at radius 3 is 2.74 bits per heavy atom. The standard InChI is InChI=1S/C20H18N6O3S2/c1-13(14-2-5-16(6-3-14)26-12-21-11-22-26)23-19(27)15-4-7-17-18(10-15)30-20-24-31(28,29)9-8-25(17)20/h2-7,10-13H,8-9H2,1H3,(H,23,27). The van der Waals surface area contributed by atoms with E-state index in [1.54, 1.807) is 23.1 Å². The summed E-state index contributed by atoms with van der Waals surface area (Å²) in [4.78, 5) is 19.5. The summed E-state index contributed by atoms with van der Waals surface area (Å²) in [7, 11) is -3.41. The summed E-state index contributed by atoms with van der Waals surface area (Å²) in [6, 6.07) is 12.9. The Hall–Kier alpha value is -3.18. The molecular formula is C20H18N6O3S2. The van der Waals surface area contributed by atoms with Gasteiger partial charge in [-0.2, -0.15) is 5.10 Å². The van der Waals surface area contributed by atoms with Crippen LogP contribution in [0.2, 0.25) is 0 Å². The quantitative estimate of drug-likeness (QED) is 0.644. The van der Waals surface area contributed by atoms with Gasteiger partial charge in [-0.15, -0.1) is 4.40 Å². The van der Waals surface area contributed by atoms with E-state index in [2.05, 4.69) is 19.8 Å². The molecule has 3 aromatic rings. The minimum atomic E-state index is -3.41. The number of nitrogens with zero attached hydrogens (tertiary/aromatic N) is 5. The van der Waals surface area contributed by atoms with E-state index in [1.807, 2.05) is 42.2 Å². The molecule has 0 saturated carbocycles. The summed E-state index contributed by atoms with van der Waals surface area (Å²) in [6.45, 7) is 2.29. The summed E-state index contributed by atoms with van der Waals surface area (Å²) >= 11 is 1.27. The molecule has 3 heterocycles. The van der Waals surface area contributed by atoms with Crippen LogP contribution in [0.3, 0.4) is 0 Å². The number of carbonyl (C=O) groups is 1. The first-order valence-electron chi connectivity index (χ1n) is 9.57. The van der Waals surface area contributed by atoms with E-state index >= 15 is 0 Å². The molecule has 2 aromatic carbocycles. The average molecular weight is 455 g/mol. The van der Waals surface area contributed by atoms with Gasteiger partial charge in [0.05, 0.1) is 23.2 Å². The van der Waals surface area contributed by atoms with Crippen LogP contribution >= 0.6 is 11.8 Å². The number of anilines is 1. The average Bonchev–Trinajstić information content (AvgIpc) is 3.40. The molecule has 31 heavy (non-hydrogen) atoms. The fourth-order valence-corrected chi connectivity index (χ4v) is 5.79. The van der Waals surface area contributed by atoms with Crippen LogP contribution in [0, 0.1) is 0 Å². The molecule has 158 valence electrons. The smallest absolute Gasteiger partial charge is 0.257 e. The topological polar surface area (TPSA) is 110 Å². The molecule has 2 aliphatic heterocycles. The van der Waals surface area contributed by atoms with E-state index in [9.17, 15) is 13.2 Å². The Labute approximate surface area is 183 Å². The van der Waals surface area contributed by atoms with E-state index in [0.29, 0.717) is 17.3 Å². The molecule has 1 N–H and O–H groups in total. The molecule has 0 aliphatic carbocycles. The van der Waals surface area contributed by atoms with Crippen LogP contribution < -0.4 is 10.2 Å². The summed E-state index contributed by atoms with van der Waals surface area (Å²) in [5.41, 5.74) is 3.24. The van der Waals surface area contributed by atoms with Crippen molar-refractivity contribution in [2.75, 3.05) is 17.2 Å². The van der Waals surface area contributed by atoms with Crippen LogP contribution in [0.15, 0.2) is 64.4 Å². The van der Waals surface area contributed by atoms with Crippen molar-refractivity contribution >= 4 is 38.5 Å². The van der Waals surface area contributed by atoms with Crippen molar-refractivity contribution in [2.45, 2.75) is 17.9 Å². The van der Waals surface area contributed by atoms with Crippen molar-refractivity contribution in [2.24, 2.45) is 4.40 Å². The highest BCUT2D eigenvalue weighted by molar-refractivity contribution is 8.15. The van der Waals surface area contributed by atoms with Gasteiger partial charge in [-0.1, -0.05) is 12.1 Å². The second kappa shape index (κ2) is 7.50. The zero-order chi connectivity index (χ0) is 21.6. The molecular weight excluding hydrogens is 436 g/mol. The number of sulfonamides is 1. The number of thioether (sulfide) groups is 1. The molecule has 5 rings (SSSR count). The van der Waals surface area contributed by atoms with Crippen molar-refractivity contribution in [3.63, 3.8) is 0 Å². The van der Waals surface area contributed by atoms with Gasteiger partial charge in [0.15, 0.2) is 5.17 Å². The highest BCUT2D eigenvalue weighted by Crippen LogP contribution is 2.42. The van der Waals surface area contributed by atoms with Crippen molar-refractivity contribution in [1.29, 1.82) is 0 Å². The maximum absolute atomic E-state index is 12.8. The second-order valence-electron chi connectivity index (χ2n) is 7.22. The zero-order valence-electron chi connectivity index (χ0n) is 16.5. The predicted octanol–water partition coefficient (Wildman–Crippen LogP) is 2.37. The van der Waals surface area contributed by atoms with Gasteiger partial charge in [0.25, 0.3) is 15.9 Å². The molecule has 1 unspecified atom stereocenters. The molecule has 2 aliphatic rings. The zero-order valence-corrected chi connectivity index (χ0v) is 18.1. The highest BCUT2D eigenvalue weighted by Gasteiger charge is 2.33. The Balaban J connectivity index is 1.31. The van der Waals surface area contributed by atoms with Crippen LogP contribution in [0.25, 0.3) is 5.69 Å². The van der Waals surface area contributed by atoms with Gasteiger partial charge in [-0.05, 0) is 54.6 Å². The molecule has 9 nitrogen and oxygen atoms in total. The van der Waals surface area contributed by atoms with Gasteiger partial charge < -0.3 is 10.2 Å². The molecule has 0 saturated heterocycles. The SMILES string of the molecule is CC(NC(=O)c1ccc2c(c1)SC1=NS(=O)(=O)CCN12)c1ccc(-n2cncn2)cc1. The Kier molecular flexibility index (Phi) is 4.78. The number of fused-ring (bicyclic) bond motifs is 3. The van der Waals surface area contributed by atoms with E-state index in [-0.39, 0.29) is 17.7 Å². The number of benzene rings is 2. The predicted molar refractivity (Wildman–Crippen MR) is 118 cm³/mol. The Morgan fingerprint density at radius 1 is 1.19 bits per heavy atom. The van der Waals surface area contributed by atoms with Crippen LogP contribution in [-0.4, -0.2) is 46.6 Å². The van der Waals surface area contributed by atoms with Gasteiger partial charge in [-0.25, -0.2) is 18.1 Å². The van der Waals surface area contributed by atoms with Crippen LogP contribution in [-0.2, 0) is 10.0 Å².